The van der Waals surface area contributed by atoms with Gasteiger partial charge < -0.3 is 19.5 Å². The molecule has 0 bridgehead atoms. The van der Waals surface area contributed by atoms with Gasteiger partial charge in [-0.05, 0) is 32.0 Å². The molecule has 0 radical (unpaired) electrons. The van der Waals surface area contributed by atoms with E-state index in [1.54, 1.807) is 6.07 Å². The molecule has 0 saturated carbocycles. The van der Waals surface area contributed by atoms with E-state index in [4.69, 9.17) is 4.74 Å². The van der Waals surface area contributed by atoms with Gasteiger partial charge in [-0.25, -0.2) is 9.37 Å². The van der Waals surface area contributed by atoms with E-state index in [-0.39, 0.29) is 23.7 Å². The van der Waals surface area contributed by atoms with Crippen molar-refractivity contribution in [3.8, 4) is 0 Å². The Morgan fingerprint density at radius 1 is 1.32 bits per heavy atom. The largest absolute Gasteiger partial charge is 0.366 e. The molecule has 0 unspecified atom stereocenters. The number of benzene rings is 1. The number of amides is 1. The Bertz CT molecular complexity index is 770. The molecule has 7 heteroatoms. The van der Waals surface area contributed by atoms with Gasteiger partial charge in [-0.1, -0.05) is 6.07 Å². The number of morpholine rings is 1. The van der Waals surface area contributed by atoms with Crippen LogP contribution >= 0.6 is 0 Å². The van der Waals surface area contributed by atoms with E-state index in [2.05, 4.69) is 14.9 Å². The molecule has 134 valence electrons. The van der Waals surface area contributed by atoms with Crippen LogP contribution in [-0.4, -0.2) is 71.6 Å². The van der Waals surface area contributed by atoms with Crippen molar-refractivity contribution < 1.29 is 13.9 Å². The molecule has 1 N–H and O–H groups in total. The standard InChI is InChI=1S/C18H23FN4O2/c1-22-9-10-25-15(11-22)18(24)23-7-5-12(6-8-23)17-20-14-4-2-3-13(19)16(14)21-17/h2-4,12,15H,5-11H2,1H3,(H,20,21)/t15-/m1/s1. The second kappa shape index (κ2) is 6.72. The number of halogens is 1. The van der Waals surface area contributed by atoms with Gasteiger partial charge in [0.2, 0.25) is 0 Å². The summed E-state index contributed by atoms with van der Waals surface area (Å²) in [5, 5.41) is 0. The molecule has 25 heavy (non-hydrogen) atoms. The predicted molar refractivity (Wildman–Crippen MR) is 91.8 cm³/mol. The molecule has 1 aromatic heterocycles. The Morgan fingerprint density at radius 2 is 2.12 bits per heavy atom. The van der Waals surface area contributed by atoms with Gasteiger partial charge >= 0.3 is 0 Å². The molecule has 2 aliphatic heterocycles. The minimum Gasteiger partial charge on any atom is -0.366 e. The number of aromatic amines is 1. The van der Waals surface area contributed by atoms with E-state index in [0.29, 0.717) is 31.8 Å². The van der Waals surface area contributed by atoms with Crippen molar-refractivity contribution in [2.45, 2.75) is 24.9 Å². The summed E-state index contributed by atoms with van der Waals surface area (Å²) in [6.45, 7) is 3.50. The summed E-state index contributed by atoms with van der Waals surface area (Å²) < 4.78 is 19.5. The van der Waals surface area contributed by atoms with Crippen LogP contribution in [0.5, 0.6) is 0 Å². The number of nitrogens with zero attached hydrogens (tertiary/aromatic N) is 3. The molecule has 2 aliphatic rings. The van der Waals surface area contributed by atoms with Crippen molar-refractivity contribution in [3.05, 3.63) is 29.8 Å². The number of carbonyl (C=O) groups excluding carboxylic acids is 1. The number of aromatic nitrogens is 2. The number of fused-ring (bicyclic) bond motifs is 1. The molecule has 2 aromatic rings. The Kier molecular flexibility index (Phi) is 4.43. The van der Waals surface area contributed by atoms with Crippen LogP contribution in [0.2, 0.25) is 0 Å². The molecule has 0 aliphatic carbocycles. The van der Waals surface area contributed by atoms with Gasteiger partial charge in [0.05, 0.1) is 12.1 Å². The van der Waals surface area contributed by atoms with Crippen LogP contribution in [0.3, 0.4) is 0 Å². The first-order valence-electron chi connectivity index (χ1n) is 8.85. The Labute approximate surface area is 146 Å². The summed E-state index contributed by atoms with van der Waals surface area (Å²) in [6.07, 6.45) is 1.31. The summed E-state index contributed by atoms with van der Waals surface area (Å²) in [4.78, 5) is 24.3. The highest BCUT2D eigenvalue weighted by atomic mass is 19.1. The minimum absolute atomic E-state index is 0.0839. The monoisotopic (exact) mass is 346 g/mol. The number of hydrogen-bond donors (Lipinski definition) is 1. The Hall–Kier alpha value is -1.99. The second-order valence-corrected chi connectivity index (χ2v) is 6.98. The van der Waals surface area contributed by atoms with Gasteiger partial charge in [0.15, 0.2) is 5.82 Å². The molecular formula is C18H23FN4O2. The fourth-order valence-corrected chi connectivity index (χ4v) is 3.71. The fraction of sp³-hybridized carbons (Fsp3) is 0.556. The predicted octanol–water partition coefficient (Wildman–Crippen LogP) is 1.74. The number of hydrogen-bond acceptors (Lipinski definition) is 4. The average Bonchev–Trinajstić information content (AvgIpc) is 3.07. The Balaban J connectivity index is 1.40. The molecule has 0 spiro atoms. The maximum Gasteiger partial charge on any atom is 0.253 e. The number of H-pyrrole nitrogens is 1. The smallest absolute Gasteiger partial charge is 0.253 e. The fourth-order valence-electron chi connectivity index (χ4n) is 3.71. The van der Waals surface area contributed by atoms with E-state index in [1.165, 1.54) is 6.07 Å². The second-order valence-electron chi connectivity index (χ2n) is 6.98. The van der Waals surface area contributed by atoms with Gasteiger partial charge in [0.25, 0.3) is 5.91 Å². The lowest BCUT2D eigenvalue weighted by Gasteiger charge is -2.36. The van der Waals surface area contributed by atoms with E-state index < -0.39 is 0 Å². The van der Waals surface area contributed by atoms with Gasteiger partial charge in [-0.15, -0.1) is 0 Å². The topological polar surface area (TPSA) is 61.5 Å². The van der Waals surface area contributed by atoms with Crippen LogP contribution in [0.1, 0.15) is 24.6 Å². The van der Waals surface area contributed by atoms with Crippen molar-refractivity contribution in [2.75, 3.05) is 39.8 Å². The summed E-state index contributed by atoms with van der Waals surface area (Å²) in [5.74, 6) is 0.832. The highest BCUT2D eigenvalue weighted by Gasteiger charge is 2.32. The molecule has 1 amide bonds. The van der Waals surface area contributed by atoms with Gasteiger partial charge in [0.1, 0.15) is 17.4 Å². The number of nitrogens with one attached hydrogen (secondary N) is 1. The van der Waals surface area contributed by atoms with Crippen molar-refractivity contribution in [1.29, 1.82) is 0 Å². The zero-order chi connectivity index (χ0) is 17.4. The quantitative estimate of drug-likeness (QED) is 0.900. The molecule has 6 nitrogen and oxygen atoms in total. The van der Waals surface area contributed by atoms with Crippen LogP contribution in [0, 0.1) is 5.82 Å². The van der Waals surface area contributed by atoms with Crippen LogP contribution in [0.4, 0.5) is 4.39 Å². The molecule has 1 atom stereocenters. The van der Waals surface area contributed by atoms with Crippen molar-refractivity contribution in [1.82, 2.24) is 19.8 Å². The molecule has 4 rings (SSSR count). The normalized spacial score (nSPS) is 23.3. The number of carbonyl (C=O) groups is 1. The molecule has 1 aromatic carbocycles. The first-order chi connectivity index (χ1) is 12.1. The molecular weight excluding hydrogens is 323 g/mol. The summed E-state index contributed by atoms with van der Waals surface area (Å²) >= 11 is 0. The zero-order valence-electron chi connectivity index (χ0n) is 14.4. The van der Waals surface area contributed by atoms with Gasteiger partial charge in [-0.2, -0.15) is 0 Å². The SMILES string of the molecule is CN1CCO[C@@H](C(=O)N2CCC(c3nc4c(F)cccc4[nH]3)CC2)C1. The lowest BCUT2D eigenvalue weighted by Crippen LogP contribution is -2.51. The highest BCUT2D eigenvalue weighted by molar-refractivity contribution is 5.81. The Morgan fingerprint density at radius 3 is 2.84 bits per heavy atom. The first kappa shape index (κ1) is 16.5. The average molecular weight is 346 g/mol. The van der Waals surface area contributed by atoms with Gasteiger partial charge in [-0.3, -0.25) is 4.79 Å². The number of likely N-dealkylation sites (tertiary alicyclic amines) is 1. The van der Waals surface area contributed by atoms with Crippen molar-refractivity contribution >= 4 is 16.9 Å². The highest BCUT2D eigenvalue weighted by Crippen LogP contribution is 2.29. The minimum atomic E-state index is -0.351. The summed E-state index contributed by atoms with van der Waals surface area (Å²) in [5.41, 5.74) is 1.13. The zero-order valence-corrected chi connectivity index (χ0v) is 14.4. The maximum absolute atomic E-state index is 13.8. The third kappa shape index (κ3) is 3.26. The molecule has 2 fully saturated rings. The number of rotatable bonds is 2. The summed E-state index contributed by atoms with van der Waals surface area (Å²) in [7, 11) is 2.01. The van der Waals surface area contributed by atoms with Crippen LogP contribution in [0.25, 0.3) is 11.0 Å². The molecule has 2 saturated heterocycles. The third-order valence-electron chi connectivity index (χ3n) is 5.22. The van der Waals surface area contributed by atoms with Crippen LogP contribution in [-0.2, 0) is 9.53 Å². The van der Waals surface area contributed by atoms with E-state index in [0.717, 1.165) is 30.7 Å². The molecule has 3 heterocycles. The third-order valence-corrected chi connectivity index (χ3v) is 5.22. The number of imidazole rings is 1. The maximum atomic E-state index is 13.8. The number of para-hydroxylation sites is 1. The lowest BCUT2D eigenvalue weighted by atomic mass is 9.95. The number of ether oxygens (including phenoxy) is 1. The number of likely N-dealkylation sites (N-methyl/N-ethyl adjacent to an activating group) is 1. The van der Waals surface area contributed by atoms with E-state index >= 15 is 0 Å². The first-order valence-corrected chi connectivity index (χ1v) is 8.85. The van der Waals surface area contributed by atoms with E-state index in [1.807, 2.05) is 18.0 Å². The summed E-state index contributed by atoms with van der Waals surface area (Å²) in [6, 6.07) is 4.95. The van der Waals surface area contributed by atoms with Crippen molar-refractivity contribution in [3.63, 3.8) is 0 Å². The van der Waals surface area contributed by atoms with Crippen LogP contribution in [0.15, 0.2) is 18.2 Å². The van der Waals surface area contributed by atoms with Gasteiger partial charge in [0, 0.05) is 32.1 Å². The van der Waals surface area contributed by atoms with Crippen molar-refractivity contribution in [2.24, 2.45) is 0 Å². The number of piperidine rings is 1. The van der Waals surface area contributed by atoms with E-state index in [9.17, 15) is 9.18 Å². The lowest BCUT2D eigenvalue weighted by molar-refractivity contribution is -0.149. The van der Waals surface area contributed by atoms with Crippen LogP contribution < -0.4 is 0 Å².